The number of nitrogens with two attached hydrogens (primary N) is 1. The first kappa shape index (κ1) is 13.8. The van der Waals surface area contributed by atoms with Crippen LogP contribution in [-0.4, -0.2) is 28.5 Å². The molecule has 19 heavy (non-hydrogen) atoms. The highest BCUT2D eigenvalue weighted by molar-refractivity contribution is 5.81. The zero-order valence-electron chi connectivity index (χ0n) is 10.9. The first-order valence-electron chi connectivity index (χ1n) is 6.64. The zero-order chi connectivity index (χ0) is 13.7. The first-order valence-corrected chi connectivity index (χ1v) is 6.64. The predicted molar refractivity (Wildman–Crippen MR) is 72.5 cm³/mol. The highest BCUT2D eigenvalue weighted by atomic mass is 19.1. The van der Waals surface area contributed by atoms with Crippen LogP contribution in [0.3, 0.4) is 0 Å². The van der Waals surface area contributed by atoms with Gasteiger partial charge >= 0.3 is 0 Å². The van der Waals surface area contributed by atoms with E-state index in [1.807, 2.05) is 6.07 Å². The Morgan fingerprint density at radius 3 is 2.68 bits per heavy atom. The number of oxime groups is 1. The number of hydrogen-bond acceptors (Lipinski definition) is 3. The Hall–Kier alpha value is -1.62. The van der Waals surface area contributed by atoms with Gasteiger partial charge in [0.25, 0.3) is 0 Å². The maximum Gasteiger partial charge on any atom is 0.153 e. The highest BCUT2D eigenvalue weighted by Gasteiger charge is 2.24. The summed E-state index contributed by atoms with van der Waals surface area (Å²) in [6, 6.07) is 7.14. The normalized spacial score (nSPS) is 17.3. The summed E-state index contributed by atoms with van der Waals surface area (Å²) in [6.07, 6.45) is 4.56. The van der Waals surface area contributed by atoms with Crippen LogP contribution in [0, 0.1) is 5.82 Å². The minimum absolute atomic E-state index is 0.170. The maximum atomic E-state index is 13.7. The van der Waals surface area contributed by atoms with Crippen molar-refractivity contribution in [3.05, 3.63) is 35.6 Å². The minimum Gasteiger partial charge on any atom is -0.409 e. The summed E-state index contributed by atoms with van der Waals surface area (Å²) >= 11 is 0. The number of halogens is 1. The van der Waals surface area contributed by atoms with Crippen LogP contribution in [0.2, 0.25) is 0 Å². The van der Waals surface area contributed by atoms with Gasteiger partial charge in [0.1, 0.15) is 5.82 Å². The molecule has 1 aliphatic rings. The molecule has 2 rings (SSSR count). The minimum atomic E-state index is -0.204. The summed E-state index contributed by atoms with van der Waals surface area (Å²) in [5, 5.41) is 11.7. The fraction of sp³-hybridized carbons (Fsp3) is 0.500. The summed E-state index contributed by atoms with van der Waals surface area (Å²) in [5.41, 5.74) is 6.25. The van der Waals surface area contributed by atoms with Crippen molar-refractivity contribution in [3.63, 3.8) is 0 Å². The van der Waals surface area contributed by atoms with Gasteiger partial charge in [0.05, 0.1) is 6.54 Å². The van der Waals surface area contributed by atoms with Gasteiger partial charge in [-0.05, 0) is 18.9 Å². The lowest BCUT2D eigenvalue weighted by atomic mass is 10.1. The molecule has 1 fully saturated rings. The molecule has 1 saturated carbocycles. The van der Waals surface area contributed by atoms with Gasteiger partial charge < -0.3 is 10.9 Å². The second-order valence-electron chi connectivity index (χ2n) is 5.03. The fourth-order valence-corrected chi connectivity index (χ4v) is 2.67. The first-order chi connectivity index (χ1) is 9.20. The molecule has 0 radical (unpaired) electrons. The number of amidine groups is 1. The highest BCUT2D eigenvalue weighted by Crippen LogP contribution is 2.25. The molecular formula is C14H20FN3O. The van der Waals surface area contributed by atoms with Gasteiger partial charge in [-0.2, -0.15) is 0 Å². The van der Waals surface area contributed by atoms with E-state index in [1.54, 1.807) is 12.1 Å². The van der Waals surface area contributed by atoms with E-state index in [-0.39, 0.29) is 11.7 Å². The Morgan fingerprint density at radius 2 is 2.05 bits per heavy atom. The molecule has 104 valence electrons. The van der Waals surface area contributed by atoms with Crippen LogP contribution in [0.1, 0.15) is 31.2 Å². The average molecular weight is 265 g/mol. The van der Waals surface area contributed by atoms with E-state index in [1.165, 1.54) is 18.9 Å². The van der Waals surface area contributed by atoms with E-state index in [0.717, 1.165) is 12.8 Å². The number of nitrogens with zero attached hydrogens (tertiary/aromatic N) is 2. The van der Waals surface area contributed by atoms with Crippen LogP contribution in [0.5, 0.6) is 0 Å². The number of hydrogen-bond donors (Lipinski definition) is 2. The van der Waals surface area contributed by atoms with Gasteiger partial charge in [-0.1, -0.05) is 36.2 Å². The van der Waals surface area contributed by atoms with Gasteiger partial charge in [-0.25, -0.2) is 4.39 Å². The Labute approximate surface area is 112 Å². The zero-order valence-corrected chi connectivity index (χ0v) is 10.9. The van der Waals surface area contributed by atoms with E-state index in [0.29, 0.717) is 24.7 Å². The van der Waals surface area contributed by atoms with Crippen LogP contribution in [0.4, 0.5) is 4.39 Å². The summed E-state index contributed by atoms with van der Waals surface area (Å²) in [5.74, 6) is -0.0340. The second kappa shape index (κ2) is 6.52. The second-order valence-corrected chi connectivity index (χ2v) is 5.03. The molecule has 4 nitrogen and oxygen atoms in total. The molecule has 0 heterocycles. The van der Waals surface area contributed by atoms with E-state index >= 15 is 0 Å². The third kappa shape index (κ3) is 3.67. The molecule has 5 heteroatoms. The van der Waals surface area contributed by atoms with Crippen molar-refractivity contribution in [2.24, 2.45) is 10.9 Å². The third-order valence-corrected chi connectivity index (χ3v) is 3.67. The molecule has 1 aromatic carbocycles. The van der Waals surface area contributed by atoms with E-state index in [9.17, 15) is 4.39 Å². The monoisotopic (exact) mass is 265 g/mol. The Balaban J connectivity index is 2.10. The lowest BCUT2D eigenvalue weighted by molar-refractivity contribution is 0.211. The van der Waals surface area contributed by atoms with Crippen LogP contribution < -0.4 is 5.73 Å². The Morgan fingerprint density at radius 1 is 1.37 bits per heavy atom. The standard InChI is InChI=1S/C14H20FN3O/c15-13-8-4-1-5-11(13)9-18(10-14(16)17-19)12-6-2-3-7-12/h1,4-5,8,12,19H,2-3,6-7,9-10H2,(H2,16,17). The quantitative estimate of drug-likeness (QED) is 0.372. The lowest BCUT2D eigenvalue weighted by Crippen LogP contribution is -2.39. The van der Waals surface area contributed by atoms with Crippen LogP contribution in [-0.2, 0) is 6.54 Å². The van der Waals surface area contributed by atoms with Gasteiger partial charge in [0, 0.05) is 18.2 Å². The molecule has 0 saturated heterocycles. The van der Waals surface area contributed by atoms with Crippen molar-refractivity contribution in [3.8, 4) is 0 Å². The van der Waals surface area contributed by atoms with Gasteiger partial charge in [-0.15, -0.1) is 0 Å². The predicted octanol–water partition coefficient (Wildman–Crippen LogP) is 2.32. The van der Waals surface area contributed by atoms with E-state index in [4.69, 9.17) is 10.9 Å². The van der Waals surface area contributed by atoms with Crippen LogP contribution >= 0.6 is 0 Å². The smallest absolute Gasteiger partial charge is 0.153 e. The van der Waals surface area contributed by atoms with Gasteiger partial charge in [-0.3, -0.25) is 4.90 Å². The fourth-order valence-electron chi connectivity index (χ4n) is 2.67. The Bertz CT molecular complexity index is 444. The van der Waals surface area contributed by atoms with Crippen molar-refractivity contribution in [1.82, 2.24) is 4.90 Å². The third-order valence-electron chi connectivity index (χ3n) is 3.67. The number of rotatable bonds is 5. The van der Waals surface area contributed by atoms with Crippen molar-refractivity contribution < 1.29 is 9.60 Å². The molecule has 0 aromatic heterocycles. The van der Waals surface area contributed by atoms with Crippen molar-refractivity contribution in [2.45, 2.75) is 38.3 Å². The van der Waals surface area contributed by atoms with Crippen molar-refractivity contribution in [1.29, 1.82) is 0 Å². The van der Waals surface area contributed by atoms with Crippen molar-refractivity contribution in [2.75, 3.05) is 6.54 Å². The molecule has 0 aliphatic heterocycles. The SMILES string of the molecule is NC(CN(Cc1ccccc1F)C1CCCC1)=NO. The molecule has 1 aliphatic carbocycles. The molecule has 3 N–H and O–H groups in total. The van der Waals surface area contributed by atoms with Gasteiger partial charge in [0.15, 0.2) is 5.84 Å². The van der Waals surface area contributed by atoms with Gasteiger partial charge in [0.2, 0.25) is 0 Å². The van der Waals surface area contributed by atoms with Crippen molar-refractivity contribution >= 4 is 5.84 Å². The maximum absolute atomic E-state index is 13.7. The molecule has 0 unspecified atom stereocenters. The largest absolute Gasteiger partial charge is 0.409 e. The topological polar surface area (TPSA) is 61.8 Å². The molecule has 1 aromatic rings. The molecule has 0 amide bonds. The molecule has 0 atom stereocenters. The average Bonchev–Trinajstić information content (AvgIpc) is 2.94. The molecule has 0 bridgehead atoms. The summed E-state index contributed by atoms with van der Waals surface area (Å²) < 4.78 is 13.7. The number of benzene rings is 1. The lowest BCUT2D eigenvalue weighted by Gasteiger charge is -2.28. The van der Waals surface area contributed by atoms with E-state index in [2.05, 4.69) is 10.1 Å². The molecular weight excluding hydrogens is 245 g/mol. The van der Waals surface area contributed by atoms with E-state index < -0.39 is 0 Å². The summed E-state index contributed by atoms with van der Waals surface area (Å²) in [7, 11) is 0. The van der Waals surface area contributed by atoms with Crippen LogP contribution in [0.25, 0.3) is 0 Å². The summed E-state index contributed by atoms with van der Waals surface area (Å²) in [6.45, 7) is 0.864. The van der Waals surface area contributed by atoms with Crippen LogP contribution in [0.15, 0.2) is 29.4 Å². The summed E-state index contributed by atoms with van der Waals surface area (Å²) in [4.78, 5) is 2.10. The molecule has 0 spiro atoms. The Kier molecular flexibility index (Phi) is 4.74.